The Balaban J connectivity index is 1.63. The van der Waals surface area contributed by atoms with Crippen LogP contribution in [-0.4, -0.2) is 22.6 Å². The van der Waals surface area contributed by atoms with Crippen LogP contribution in [-0.2, 0) is 6.54 Å². The van der Waals surface area contributed by atoms with Crippen LogP contribution < -0.4 is 15.6 Å². The van der Waals surface area contributed by atoms with E-state index < -0.39 is 0 Å². The summed E-state index contributed by atoms with van der Waals surface area (Å²) < 4.78 is 6.89. The number of aromatic nitrogens is 2. The van der Waals surface area contributed by atoms with Gasteiger partial charge in [-0.1, -0.05) is 31.2 Å². The minimum absolute atomic E-state index is 0.129. The molecule has 6 heteroatoms. The Bertz CT molecular complexity index is 1280. The lowest BCUT2D eigenvalue weighted by Crippen LogP contribution is -2.23. The average Bonchev–Trinajstić information content (AvgIpc) is 2.81. The van der Waals surface area contributed by atoms with Crippen LogP contribution in [0.3, 0.4) is 0 Å². The standard InChI is InChI=1S/C25H23N3O3/c1-3-16-28-22-7-5-4-6-21(22)27-23(25(28)30)17-8-10-18(11-9-17)24(29)26-19-12-14-20(31-2)15-13-19/h4-15H,3,16H2,1-2H3,(H,26,29). The molecule has 0 atom stereocenters. The van der Waals surface area contributed by atoms with E-state index in [2.05, 4.69) is 10.3 Å². The smallest absolute Gasteiger partial charge is 0.277 e. The third kappa shape index (κ3) is 4.19. The molecule has 0 aliphatic carbocycles. The maximum Gasteiger partial charge on any atom is 0.277 e. The lowest BCUT2D eigenvalue weighted by molar-refractivity contribution is 0.102. The monoisotopic (exact) mass is 413 g/mol. The van der Waals surface area contributed by atoms with Crippen LogP contribution in [0.25, 0.3) is 22.3 Å². The first-order chi connectivity index (χ1) is 15.1. The zero-order valence-electron chi connectivity index (χ0n) is 17.5. The fourth-order valence-corrected chi connectivity index (χ4v) is 3.48. The molecule has 0 radical (unpaired) electrons. The Hall–Kier alpha value is -3.93. The second kappa shape index (κ2) is 8.83. The van der Waals surface area contributed by atoms with E-state index in [0.717, 1.165) is 23.2 Å². The Morgan fingerprint density at radius 3 is 2.39 bits per heavy atom. The highest BCUT2D eigenvalue weighted by Crippen LogP contribution is 2.20. The number of carbonyl (C=O) groups is 1. The molecule has 0 fully saturated rings. The summed E-state index contributed by atoms with van der Waals surface area (Å²) in [5.41, 5.74) is 3.70. The lowest BCUT2D eigenvalue weighted by Gasteiger charge is -2.12. The number of hydrogen-bond donors (Lipinski definition) is 1. The molecule has 4 rings (SSSR count). The molecular weight excluding hydrogens is 390 g/mol. The molecule has 0 saturated heterocycles. The summed E-state index contributed by atoms with van der Waals surface area (Å²) in [6, 6.07) is 21.7. The molecule has 0 aliphatic rings. The predicted molar refractivity (Wildman–Crippen MR) is 123 cm³/mol. The first-order valence-corrected chi connectivity index (χ1v) is 10.2. The summed E-state index contributed by atoms with van der Waals surface area (Å²) in [6.07, 6.45) is 0.845. The van der Waals surface area contributed by atoms with E-state index in [1.54, 1.807) is 60.2 Å². The van der Waals surface area contributed by atoms with Crippen molar-refractivity contribution in [3.05, 3.63) is 88.7 Å². The van der Waals surface area contributed by atoms with Crippen LogP contribution in [0, 0.1) is 0 Å². The number of nitrogens with zero attached hydrogens (tertiary/aromatic N) is 2. The molecule has 3 aromatic carbocycles. The summed E-state index contributed by atoms with van der Waals surface area (Å²) in [5, 5.41) is 2.85. The van der Waals surface area contributed by atoms with Crippen molar-refractivity contribution in [3.63, 3.8) is 0 Å². The van der Waals surface area contributed by atoms with Gasteiger partial charge in [0.1, 0.15) is 11.4 Å². The SMILES string of the molecule is CCCn1c(=O)c(-c2ccc(C(=O)Nc3ccc(OC)cc3)cc2)nc2ccccc21. The molecule has 0 spiro atoms. The number of nitrogens with one attached hydrogen (secondary N) is 1. The van der Waals surface area contributed by atoms with Gasteiger partial charge >= 0.3 is 0 Å². The third-order valence-electron chi connectivity index (χ3n) is 5.07. The quantitative estimate of drug-likeness (QED) is 0.496. The molecule has 31 heavy (non-hydrogen) atoms. The van der Waals surface area contributed by atoms with E-state index in [0.29, 0.717) is 29.1 Å². The summed E-state index contributed by atoms with van der Waals surface area (Å²) in [6.45, 7) is 2.66. The van der Waals surface area contributed by atoms with Crippen LogP contribution in [0.4, 0.5) is 5.69 Å². The van der Waals surface area contributed by atoms with E-state index in [-0.39, 0.29) is 11.5 Å². The van der Waals surface area contributed by atoms with Crippen molar-refractivity contribution < 1.29 is 9.53 Å². The second-order valence-corrected chi connectivity index (χ2v) is 7.17. The highest BCUT2D eigenvalue weighted by molar-refractivity contribution is 6.04. The number of aryl methyl sites for hydroxylation is 1. The van der Waals surface area contributed by atoms with Gasteiger partial charge in [0.05, 0.1) is 18.1 Å². The van der Waals surface area contributed by atoms with E-state index in [9.17, 15) is 9.59 Å². The first kappa shape index (κ1) is 20.3. The summed E-state index contributed by atoms with van der Waals surface area (Å²) in [7, 11) is 1.59. The van der Waals surface area contributed by atoms with Crippen LogP contribution >= 0.6 is 0 Å². The number of fused-ring (bicyclic) bond motifs is 1. The molecule has 4 aromatic rings. The van der Waals surface area contributed by atoms with Gasteiger partial charge in [0, 0.05) is 23.4 Å². The highest BCUT2D eigenvalue weighted by atomic mass is 16.5. The normalized spacial score (nSPS) is 10.8. The minimum Gasteiger partial charge on any atom is -0.497 e. The number of benzene rings is 3. The van der Waals surface area contributed by atoms with Crippen LogP contribution in [0.5, 0.6) is 5.75 Å². The number of hydrogen-bond acceptors (Lipinski definition) is 4. The molecule has 1 aromatic heterocycles. The molecule has 1 amide bonds. The van der Waals surface area contributed by atoms with Crippen LogP contribution in [0.2, 0.25) is 0 Å². The van der Waals surface area contributed by atoms with Gasteiger partial charge in [-0.2, -0.15) is 0 Å². The topological polar surface area (TPSA) is 73.2 Å². The van der Waals surface area contributed by atoms with Gasteiger partial charge in [-0.25, -0.2) is 4.98 Å². The van der Waals surface area contributed by atoms with E-state index >= 15 is 0 Å². The van der Waals surface area contributed by atoms with Gasteiger partial charge in [0.2, 0.25) is 0 Å². The van der Waals surface area contributed by atoms with E-state index in [1.807, 2.05) is 31.2 Å². The zero-order valence-corrected chi connectivity index (χ0v) is 17.5. The van der Waals surface area contributed by atoms with Crippen molar-refractivity contribution in [3.8, 4) is 17.0 Å². The Morgan fingerprint density at radius 1 is 1.00 bits per heavy atom. The molecular formula is C25H23N3O3. The lowest BCUT2D eigenvalue weighted by atomic mass is 10.1. The first-order valence-electron chi connectivity index (χ1n) is 10.2. The maximum absolute atomic E-state index is 13.1. The number of para-hydroxylation sites is 2. The fraction of sp³-hybridized carbons (Fsp3) is 0.160. The summed E-state index contributed by atoms with van der Waals surface area (Å²) in [5.74, 6) is 0.491. The van der Waals surface area contributed by atoms with E-state index in [1.165, 1.54) is 0 Å². The van der Waals surface area contributed by atoms with Gasteiger partial charge in [-0.15, -0.1) is 0 Å². The zero-order chi connectivity index (χ0) is 21.8. The largest absolute Gasteiger partial charge is 0.497 e. The Morgan fingerprint density at radius 2 is 1.71 bits per heavy atom. The van der Waals surface area contributed by atoms with E-state index in [4.69, 9.17) is 4.74 Å². The predicted octanol–water partition coefficient (Wildman–Crippen LogP) is 4.73. The number of amides is 1. The van der Waals surface area contributed by atoms with Crippen LogP contribution in [0.1, 0.15) is 23.7 Å². The molecule has 0 unspecified atom stereocenters. The van der Waals surface area contributed by atoms with Gasteiger partial charge in [-0.05, 0) is 55.0 Å². The number of carbonyl (C=O) groups excluding carboxylic acids is 1. The number of rotatable bonds is 6. The van der Waals surface area contributed by atoms with Crippen molar-refractivity contribution in [1.29, 1.82) is 0 Å². The summed E-state index contributed by atoms with van der Waals surface area (Å²) in [4.78, 5) is 30.3. The highest BCUT2D eigenvalue weighted by Gasteiger charge is 2.13. The fourth-order valence-electron chi connectivity index (χ4n) is 3.48. The molecule has 0 saturated carbocycles. The Labute approximate surface area is 180 Å². The molecule has 1 N–H and O–H groups in total. The molecule has 1 heterocycles. The number of methoxy groups -OCH3 is 1. The Kier molecular flexibility index (Phi) is 5.80. The van der Waals surface area contributed by atoms with Gasteiger partial charge < -0.3 is 14.6 Å². The molecule has 6 nitrogen and oxygen atoms in total. The molecule has 0 aliphatic heterocycles. The van der Waals surface area contributed by atoms with Gasteiger partial charge in [0.25, 0.3) is 11.5 Å². The second-order valence-electron chi connectivity index (χ2n) is 7.17. The average molecular weight is 413 g/mol. The van der Waals surface area contributed by atoms with Gasteiger partial charge in [-0.3, -0.25) is 9.59 Å². The maximum atomic E-state index is 13.1. The van der Waals surface area contributed by atoms with Crippen molar-refractivity contribution in [2.45, 2.75) is 19.9 Å². The molecule has 156 valence electrons. The van der Waals surface area contributed by atoms with Crippen molar-refractivity contribution in [2.75, 3.05) is 12.4 Å². The third-order valence-corrected chi connectivity index (χ3v) is 5.07. The molecule has 0 bridgehead atoms. The summed E-state index contributed by atoms with van der Waals surface area (Å²) >= 11 is 0. The van der Waals surface area contributed by atoms with Crippen LogP contribution in [0.15, 0.2) is 77.6 Å². The van der Waals surface area contributed by atoms with Crippen molar-refractivity contribution in [1.82, 2.24) is 9.55 Å². The van der Waals surface area contributed by atoms with Crippen molar-refractivity contribution >= 4 is 22.6 Å². The minimum atomic E-state index is -0.230. The van der Waals surface area contributed by atoms with Gasteiger partial charge in [0.15, 0.2) is 0 Å². The number of ether oxygens (including phenoxy) is 1. The van der Waals surface area contributed by atoms with Crippen molar-refractivity contribution in [2.24, 2.45) is 0 Å². The number of anilines is 1.